The molecule has 13 heteroatoms. The molecule has 3 aromatic carbocycles. The van der Waals surface area contributed by atoms with Gasteiger partial charge in [0.15, 0.2) is 71.3 Å². The minimum atomic E-state index is -2.56. The molecule has 0 heterocycles. The second-order valence-electron chi connectivity index (χ2n) is 7.62. The molecule has 0 aliphatic carbocycles. The quantitative estimate of drug-likeness (QED) is 0.161. The van der Waals surface area contributed by atoms with Crippen molar-refractivity contribution in [1.29, 1.82) is 0 Å². The zero-order valence-corrected chi connectivity index (χ0v) is 17.0. The van der Waals surface area contributed by atoms with Gasteiger partial charge >= 0.3 is 0 Å². The van der Waals surface area contributed by atoms with Gasteiger partial charge in [0.2, 0.25) is 0 Å². The van der Waals surface area contributed by atoms with E-state index in [9.17, 15) is 48.3 Å². The lowest BCUT2D eigenvalue weighted by Gasteiger charge is -2.31. The first-order valence-electron chi connectivity index (χ1n) is 9.41. The summed E-state index contributed by atoms with van der Waals surface area (Å²) in [6.07, 6.45) is -0.658. The Bertz CT molecular complexity index is 1310. The average Bonchev–Trinajstić information content (AvgIpc) is 2.79. The number of fused-ring (bicyclic) bond motifs is 1. The van der Waals surface area contributed by atoms with Gasteiger partial charge in [-0.1, -0.05) is 26.7 Å². The fraction of sp³-hybridized carbons (Fsp3) is 0.238. The van der Waals surface area contributed by atoms with Crippen LogP contribution < -0.4 is 5.46 Å². The molecule has 0 fully saturated rings. The zero-order valence-electron chi connectivity index (χ0n) is 17.0. The van der Waals surface area contributed by atoms with Gasteiger partial charge < -0.3 is 0 Å². The summed E-state index contributed by atoms with van der Waals surface area (Å²) in [6, 6.07) is 0. The SMILES string of the molecule is CCCC(C)([B]c1c(F)c(F)c(F)c(F)c1F)c1c(F)c(F)c2c(F)c(F)c(F)c(F)c2c1F. The highest BCUT2D eigenvalue weighted by Gasteiger charge is 2.41. The summed E-state index contributed by atoms with van der Waals surface area (Å²) in [5, 5.41) is -6.21. The Morgan fingerprint density at radius 1 is 0.500 bits per heavy atom. The van der Waals surface area contributed by atoms with Gasteiger partial charge in [0.05, 0.1) is 10.8 Å². The van der Waals surface area contributed by atoms with Crippen molar-refractivity contribution in [1.82, 2.24) is 0 Å². The number of benzene rings is 3. The monoisotopic (exact) mass is 501 g/mol. The van der Waals surface area contributed by atoms with Crippen molar-refractivity contribution in [3.8, 4) is 0 Å². The van der Waals surface area contributed by atoms with Crippen molar-refractivity contribution in [3.05, 3.63) is 75.4 Å². The van der Waals surface area contributed by atoms with E-state index >= 15 is 4.39 Å². The van der Waals surface area contributed by atoms with Gasteiger partial charge in [0.25, 0.3) is 0 Å². The van der Waals surface area contributed by atoms with Crippen LogP contribution in [0.1, 0.15) is 32.3 Å². The summed E-state index contributed by atoms with van der Waals surface area (Å²) in [6.45, 7) is 2.14. The highest BCUT2D eigenvalue weighted by Crippen LogP contribution is 2.40. The summed E-state index contributed by atoms with van der Waals surface area (Å²) in [4.78, 5) is 0. The van der Waals surface area contributed by atoms with Gasteiger partial charge in [-0.15, -0.1) is 0 Å². The number of hydrogen-bond donors (Lipinski definition) is 0. The predicted molar refractivity (Wildman–Crippen MR) is 97.5 cm³/mol. The number of halogens is 12. The largest absolute Gasteiger partial charge is 0.206 e. The van der Waals surface area contributed by atoms with Gasteiger partial charge in [0.1, 0.15) is 5.82 Å². The molecule has 0 N–H and O–H groups in total. The topological polar surface area (TPSA) is 0 Å². The van der Waals surface area contributed by atoms with Crippen LogP contribution in [0.3, 0.4) is 0 Å². The summed E-state index contributed by atoms with van der Waals surface area (Å²) < 4.78 is 169. The lowest BCUT2D eigenvalue weighted by atomic mass is 9.45. The van der Waals surface area contributed by atoms with Gasteiger partial charge in [-0.25, -0.2) is 52.7 Å². The maximum atomic E-state index is 15.3. The molecule has 0 bridgehead atoms. The van der Waals surface area contributed by atoms with Crippen molar-refractivity contribution < 1.29 is 52.7 Å². The van der Waals surface area contributed by atoms with Crippen LogP contribution in [0.25, 0.3) is 10.8 Å². The van der Waals surface area contributed by atoms with Gasteiger partial charge in [-0.2, -0.15) is 0 Å². The number of hydrogen-bond acceptors (Lipinski definition) is 0. The minimum absolute atomic E-state index is 0.102. The predicted octanol–water partition coefficient (Wildman–Crippen LogP) is 6.55. The molecule has 3 aromatic rings. The van der Waals surface area contributed by atoms with E-state index in [1.807, 2.05) is 0 Å². The molecule has 0 amide bonds. The van der Waals surface area contributed by atoms with E-state index in [-0.39, 0.29) is 13.7 Å². The van der Waals surface area contributed by atoms with E-state index in [1.165, 1.54) is 6.92 Å². The fourth-order valence-electron chi connectivity index (χ4n) is 3.84. The molecule has 1 unspecified atom stereocenters. The van der Waals surface area contributed by atoms with Crippen LogP contribution in [-0.4, -0.2) is 7.28 Å². The van der Waals surface area contributed by atoms with E-state index in [0.29, 0.717) is 0 Å². The summed E-state index contributed by atoms with van der Waals surface area (Å²) in [5.74, 6) is -28.9. The van der Waals surface area contributed by atoms with Crippen LogP contribution in [0.2, 0.25) is 0 Å². The smallest absolute Gasteiger partial charge is 0.200 e. The van der Waals surface area contributed by atoms with Gasteiger partial charge in [-0.05, 0) is 10.8 Å². The van der Waals surface area contributed by atoms with Crippen LogP contribution in [0.4, 0.5) is 52.7 Å². The molecule has 0 saturated carbocycles. The first-order chi connectivity index (χ1) is 15.7. The number of rotatable bonds is 5. The van der Waals surface area contributed by atoms with E-state index in [0.717, 1.165) is 6.92 Å². The lowest BCUT2D eigenvalue weighted by molar-refractivity contribution is 0.383. The van der Waals surface area contributed by atoms with Crippen LogP contribution in [0.15, 0.2) is 0 Å². The second-order valence-corrected chi connectivity index (χ2v) is 7.62. The first-order valence-corrected chi connectivity index (χ1v) is 9.41. The normalized spacial score (nSPS) is 13.5. The Balaban J connectivity index is 2.42. The summed E-state index contributed by atoms with van der Waals surface area (Å²) in [5.41, 5.74) is -3.17. The molecular weight excluding hydrogens is 491 g/mol. The molecule has 0 aromatic heterocycles. The molecule has 3 rings (SSSR count). The van der Waals surface area contributed by atoms with Crippen LogP contribution in [0.5, 0.6) is 0 Å². The Hall–Kier alpha value is -2.86. The van der Waals surface area contributed by atoms with Gasteiger partial charge in [-0.3, -0.25) is 0 Å². The highest BCUT2D eigenvalue weighted by atomic mass is 19.2. The molecule has 0 aliphatic rings. The molecule has 181 valence electrons. The Morgan fingerprint density at radius 3 is 1.29 bits per heavy atom. The van der Waals surface area contributed by atoms with E-state index in [1.54, 1.807) is 0 Å². The third-order valence-electron chi connectivity index (χ3n) is 5.38. The molecule has 0 nitrogen and oxygen atoms in total. The highest BCUT2D eigenvalue weighted by molar-refractivity contribution is 6.57. The molecular formula is C21H10BF12. The van der Waals surface area contributed by atoms with Crippen molar-refractivity contribution in [3.63, 3.8) is 0 Å². The van der Waals surface area contributed by atoms with Crippen LogP contribution in [0, 0.1) is 69.8 Å². The van der Waals surface area contributed by atoms with Crippen molar-refractivity contribution in [2.75, 3.05) is 0 Å². The molecule has 1 atom stereocenters. The summed E-state index contributed by atoms with van der Waals surface area (Å²) in [7, 11) is 0.202. The minimum Gasteiger partial charge on any atom is -0.206 e. The first kappa shape index (κ1) is 25.8. The van der Waals surface area contributed by atoms with E-state index in [2.05, 4.69) is 0 Å². The lowest BCUT2D eigenvalue weighted by Crippen LogP contribution is -2.43. The van der Waals surface area contributed by atoms with Crippen molar-refractivity contribution in [2.24, 2.45) is 0 Å². The zero-order chi connectivity index (χ0) is 25.9. The van der Waals surface area contributed by atoms with Crippen molar-refractivity contribution >= 4 is 23.5 Å². The molecule has 0 spiro atoms. The standard InChI is InChI=1S/C21H10BF12/c1-3-4-21(2,22-8-14(28)18(32)20(34)19(33)15(8)29)7-9(23)5-6(10(24)13(7)27)12(26)17(31)16(30)11(5)25/h3-4H2,1-2H3. The maximum Gasteiger partial charge on any atom is 0.200 e. The average molecular weight is 501 g/mol. The summed E-state index contributed by atoms with van der Waals surface area (Å²) >= 11 is 0. The molecule has 0 saturated heterocycles. The Labute approximate surface area is 184 Å². The maximum absolute atomic E-state index is 15.3. The van der Waals surface area contributed by atoms with Crippen LogP contribution >= 0.6 is 0 Å². The van der Waals surface area contributed by atoms with E-state index in [4.69, 9.17) is 0 Å². The molecule has 1 radical (unpaired) electrons. The Morgan fingerprint density at radius 2 is 0.853 bits per heavy atom. The van der Waals surface area contributed by atoms with Crippen molar-refractivity contribution in [2.45, 2.75) is 32.0 Å². The molecule has 34 heavy (non-hydrogen) atoms. The van der Waals surface area contributed by atoms with E-state index < -0.39 is 103 Å². The van der Waals surface area contributed by atoms with Gasteiger partial charge in [0, 0.05) is 5.56 Å². The third kappa shape index (κ3) is 3.59. The van der Waals surface area contributed by atoms with Crippen LogP contribution in [-0.2, 0) is 5.31 Å². The molecule has 0 aliphatic heterocycles. The second kappa shape index (κ2) is 8.73. The fourth-order valence-corrected chi connectivity index (χ4v) is 3.84. The Kier molecular flexibility index (Phi) is 6.62. The third-order valence-corrected chi connectivity index (χ3v) is 5.38.